The summed E-state index contributed by atoms with van der Waals surface area (Å²) in [6, 6.07) is 1.17. The van der Waals surface area contributed by atoms with Crippen LogP contribution in [0.25, 0.3) is 0 Å². The van der Waals surface area contributed by atoms with Gasteiger partial charge in [-0.3, -0.25) is 9.78 Å². The van der Waals surface area contributed by atoms with E-state index < -0.39 is 12.0 Å². The highest BCUT2D eigenvalue weighted by atomic mass is 79.9. The van der Waals surface area contributed by atoms with E-state index in [1.807, 2.05) is 0 Å². The molecule has 2 rings (SSSR count). The lowest BCUT2D eigenvalue weighted by Gasteiger charge is -2.35. The molecule has 3 nitrogen and oxygen atoms in total. The Balaban J connectivity index is 1.94. The van der Waals surface area contributed by atoms with Crippen LogP contribution in [0, 0.1) is 0 Å². The normalized spacial score (nSPS) is 18.9. The second kappa shape index (κ2) is 4.08. The monoisotopic (exact) mass is 290 g/mol. The van der Waals surface area contributed by atoms with Crippen LogP contribution in [0.5, 0.6) is 0 Å². The van der Waals surface area contributed by atoms with Crippen LogP contribution in [0.1, 0.15) is 23.2 Å². The Morgan fingerprint density at radius 3 is 2.75 bits per heavy atom. The van der Waals surface area contributed by atoms with E-state index in [1.54, 1.807) is 12.3 Å². The molecule has 0 unspecified atom stereocenters. The van der Waals surface area contributed by atoms with Crippen LogP contribution in [-0.2, 0) is 0 Å². The maximum absolute atomic E-state index is 12.5. The number of amides is 1. The zero-order valence-corrected chi connectivity index (χ0v) is 9.80. The van der Waals surface area contributed by atoms with Gasteiger partial charge in [0.1, 0.15) is 0 Å². The van der Waals surface area contributed by atoms with Gasteiger partial charge in [-0.05, 0) is 22.0 Å². The van der Waals surface area contributed by atoms with E-state index in [2.05, 4.69) is 26.2 Å². The van der Waals surface area contributed by atoms with Crippen molar-refractivity contribution in [3.8, 4) is 0 Å². The number of alkyl halides is 2. The van der Waals surface area contributed by atoms with Crippen LogP contribution in [0.2, 0.25) is 0 Å². The Hall–Kier alpha value is -1.04. The van der Waals surface area contributed by atoms with Crippen LogP contribution in [0.4, 0.5) is 8.78 Å². The number of carbonyl (C=O) groups is 1. The number of nitrogens with zero attached hydrogens (tertiary/aromatic N) is 1. The summed E-state index contributed by atoms with van der Waals surface area (Å²) in [5.74, 6) is -2.98. The summed E-state index contributed by atoms with van der Waals surface area (Å²) in [6.45, 7) is 0. The van der Waals surface area contributed by atoms with Gasteiger partial charge in [0.2, 0.25) is 0 Å². The lowest BCUT2D eigenvalue weighted by molar-refractivity contribution is -0.0901. The number of aromatic nitrogens is 1. The first kappa shape index (κ1) is 11.4. The number of pyridine rings is 1. The van der Waals surface area contributed by atoms with Gasteiger partial charge in [-0.1, -0.05) is 0 Å². The third kappa shape index (κ3) is 2.55. The molecule has 0 radical (unpaired) electrons. The van der Waals surface area contributed by atoms with Gasteiger partial charge in [-0.15, -0.1) is 0 Å². The van der Waals surface area contributed by atoms with Crippen LogP contribution in [-0.4, -0.2) is 22.9 Å². The summed E-state index contributed by atoms with van der Waals surface area (Å²) in [5, 5.41) is 2.54. The molecule has 1 fully saturated rings. The summed E-state index contributed by atoms with van der Waals surface area (Å²) in [6.07, 6.45) is 2.39. The molecule has 1 amide bonds. The Morgan fingerprint density at radius 2 is 2.19 bits per heavy atom. The van der Waals surface area contributed by atoms with Crippen molar-refractivity contribution in [2.75, 3.05) is 0 Å². The summed E-state index contributed by atoms with van der Waals surface area (Å²) in [5.41, 5.74) is 0.365. The second-order valence-electron chi connectivity index (χ2n) is 3.83. The molecule has 0 spiro atoms. The van der Waals surface area contributed by atoms with E-state index in [0.717, 1.165) is 0 Å². The van der Waals surface area contributed by atoms with Crippen LogP contribution in [0.15, 0.2) is 22.9 Å². The van der Waals surface area contributed by atoms with Crippen molar-refractivity contribution in [2.24, 2.45) is 0 Å². The zero-order chi connectivity index (χ0) is 11.8. The van der Waals surface area contributed by atoms with Gasteiger partial charge in [-0.2, -0.15) is 0 Å². The van der Waals surface area contributed by atoms with Gasteiger partial charge >= 0.3 is 0 Å². The fourth-order valence-electron chi connectivity index (χ4n) is 1.57. The minimum absolute atomic E-state index is 0.278. The number of hydrogen-bond acceptors (Lipinski definition) is 2. The van der Waals surface area contributed by atoms with Gasteiger partial charge in [0.05, 0.1) is 5.56 Å². The lowest BCUT2D eigenvalue weighted by Crippen LogP contribution is -2.50. The van der Waals surface area contributed by atoms with Crippen molar-refractivity contribution >= 4 is 21.8 Å². The van der Waals surface area contributed by atoms with Crippen LogP contribution in [0.3, 0.4) is 0 Å². The molecular weight excluding hydrogens is 282 g/mol. The number of carbonyl (C=O) groups excluding carboxylic acids is 1. The lowest BCUT2D eigenvalue weighted by atomic mass is 9.88. The highest BCUT2D eigenvalue weighted by molar-refractivity contribution is 9.10. The molecule has 0 aliphatic heterocycles. The zero-order valence-electron chi connectivity index (χ0n) is 8.21. The molecule has 16 heavy (non-hydrogen) atoms. The summed E-state index contributed by atoms with van der Waals surface area (Å²) >= 11 is 3.18. The first-order chi connectivity index (χ1) is 7.46. The van der Waals surface area contributed by atoms with Crippen molar-refractivity contribution in [1.82, 2.24) is 10.3 Å². The van der Waals surface area contributed by atoms with Crippen LogP contribution < -0.4 is 5.32 Å². The summed E-state index contributed by atoms with van der Waals surface area (Å²) < 4.78 is 25.7. The third-order valence-corrected chi connectivity index (χ3v) is 2.83. The van der Waals surface area contributed by atoms with Crippen LogP contribution >= 0.6 is 15.9 Å². The van der Waals surface area contributed by atoms with E-state index in [0.29, 0.717) is 10.0 Å². The van der Waals surface area contributed by atoms with E-state index in [9.17, 15) is 13.6 Å². The third-order valence-electron chi connectivity index (χ3n) is 2.39. The molecule has 1 heterocycles. The predicted octanol–water partition coefficient (Wildman–Crippen LogP) is 2.37. The van der Waals surface area contributed by atoms with Crippen molar-refractivity contribution < 1.29 is 13.6 Å². The number of rotatable bonds is 2. The molecule has 1 saturated carbocycles. The smallest absolute Gasteiger partial charge is 0.253 e. The molecular formula is C10H9BrF2N2O. The van der Waals surface area contributed by atoms with Crippen molar-refractivity contribution in [1.29, 1.82) is 0 Å². The molecule has 1 aliphatic rings. The molecule has 0 saturated heterocycles. The summed E-state index contributed by atoms with van der Waals surface area (Å²) in [4.78, 5) is 15.4. The van der Waals surface area contributed by atoms with Crippen molar-refractivity contribution in [2.45, 2.75) is 24.8 Å². The van der Waals surface area contributed by atoms with Crippen molar-refractivity contribution in [3.63, 3.8) is 0 Å². The maximum Gasteiger partial charge on any atom is 0.253 e. The average Bonchev–Trinajstić information content (AvgIpc) is 2.14. The fourth-order valence-corrected chi connectivity index (χ4v) is 1.93. The first-order valence-corrected chi connectivity index (χ1v) is 5.55. The van der Waals surface area contributed by atoms with Gasteiger partial charge in [0.15, 0.2) is 0 Å². The van der Waals surface area contributed by atoms with Gasteiger partial charge in [-0.25, -0.2) is 8.78 Å². The highest BCUT2D eigenvalue weighted by Gasteiger charge is 2.45. The minimum Gasteiger partial charge on any atom is -0.349 e. The summed E-state index contributed by atoms with van der Waals surface area (Å²) in [7, 11) is 0. The predicted molar refractivity (Wildman–Crippen MR) is 57.4 cm³/mol. The largest absolute Gasteiger partial charge is 0.349 e. The highest BCUT2D eigenvalue weighted by Crippen LogP contribution is 2.37. The van der Waals surface area contributed by atoms with Crippen molar-refractivity contribution in [3.05, 3.63) is 28.5 Å². The second-order valence-corrected chi connectivity index (χ2v) is 4.74. The van der Waals surface area contributed by atoms with Gasteiger partial charge < -0.3 is 5.32 Å². The molecule has 0 aromatic carbocycles. The Labute approximate surface area is 99.4 Å². The SMILES string of the molecule is O=C(NC1CC(F)(F)C1)c1cncc(Br)c1. The molecule has 0 atom stereocenters. The van der Waals surface area contributed by atoms with E-state index in [4.69, 9.17) is 0 Å². The number of halogens is 3. The first-order valence-electron chi connectivity index (χ1n) is 4.75. The topological polar surface area (TPSA) is 42.0 Å². The molecule has 1 N–H and O–H groups in total. The standard InChI is InChI=1S/C10H9BrF2N2O/c11-7-1-6(4-14-5-7)9(16)15-8-2-10(12,13)3-8/h1,4-5,8H,2-3H2,(H,15,16). The average molecular weight is 291 g/mol. The maximum atomic E-state index is 12.5. The molecule has 1 aromatic heterocycles. The number of nitrogens with one attached hydrogen (secondary N) is 1. The Morgan fingerprint density at radius 1 is 1.50 bits per heavy atom. The minimum atomic E-state index is -2.62. The van der Waals surface area contributed by atoms with Gasteiger partial charge in [0.25, 0.3) is 11.8 Å². The van der Waals surface area contributed by atoms with E-state index in [-0.39, 0.29) is 18.7 Å². The molecule has 1 aliphatic carbocycles. The molecule has 6 heteroatoms. The fraction of sp³-hybridized carbons (Fsp3) is 0.400. The molecule has 1 aromatic rings. The van der Waals surface area contributed by atoms with E-state index >= 15 is 0 Å². The Bertz CT molecular complexity index is 417. The Kier molecular flexibility index (Phi) is 2.92. The quantitative estimate of drug-likeness (QED) is 0.909. The van der Waals surface area contributed by atoms with Gasteiger partial charge in [0, 0.05) is 35.7 Å². The van der Waals surface area contributed by atoms with E-state index in [1.165, 1.54) is 6.20 Å². The molecule has 0 bridgehead atoms. The number of hydrogen-bond donors (Lipinski definition) is 1. The molecule has 86 valence electrons.